The zero-order valence-corrected chi connectivity index (χ0v) is 7.08. The van der Waals surface area contributed by atoms with E-state index in [0.29, 0.717) is 0 Å². The van der Waals surface area contributed by atoms with Gasteiger partial charge in [0.15, 0.2) is 0 Å². The molecule has 1 aliphatic carbocycles. The average molecular weight is 164 g/mol. The highest BCUT2D eigenvalue weighted by atomic mass is 16.5. The number of pyridine rings is 1. The Kier molecular flexibility index (Phi) is 1.73. The van der Waals surface area contributed by atoms with Crippen molar-refractivity contribution in [2.24, 2.45) is 5.73 Å². The van der Waals surface area contributed by atoms with Crippen LogP contribution in [0, 0.1) is 0 Å². The number of methoxy groups -OCH3 is 1. The summed E-state index contributed by atoms with van der Waals surface area (Å²) in [7, 11) is 1.64. The smallest absolute Gasteiger partial charge is 0.137 e. The summed E-state index contributed by atoms with van der Waals surface area (Å²) < 4.78 is 5.07. The number of aryl methyl sites for hydroxylation is 1. The Bertz CT molecular complexity index is 299. The number of rotatable bonds is 1. The van der Waals surface area contributed by atoms with Gasteiger partial charge in [-0.25, -0.2) is 0 Å². The molecule has 0 saturated heterocycles. The summed E-state index contributed by atoms with van der Waals surface area (Å²) in [6.07, 6.45) is 3.76. The topological polar surface area (TPSA) is 48.1 Å². The molecule has 1 atom stereocenters. The lowest BCUT2D eigenvalue weighted by molar-refractivity contribution is 0.412. The highest BCUT2D eigenvalue weighted by Crippen LogP contribution is 2.29. The Morgan fingerprint density at radius 3 is 3.25 bits per heavy atom. The number of aromatic nitrogens is 1. The number of hydrogen-bond donors (Lipinski definition) is 1. The predicted octanol–water partition coefficient (Wildman–Crippen LogP) is 1.04. The van der Waals surface area contributed by atoms with Crippen molar-refractivity contribution in [3.05, 3.63) is 23.5 Å². The van der Waals surface area contributed by atoms with E-state index in [4.69, 9.17) is 10.5 Å². The van der Waals surface area contributed by atoms with Crippen LogP contribution in [-0.2, 0) is 6.42 Å². The summed E-state index contributed by atoms with van der Waals surface area (Å²) in [5.74, 6) is 0.797. The largest absolute Gasteiger partial charge is 0.495 e. The molecule has 0 radical (unpaired) electrons. The van der Waals surface area contributed by atoms with Crippen LogP contribution in [0.25, 0.3) is 0 Å². The van der Waals surface area contributed by atoms with Crippen LogP contribution in [0.15, 0.2) is 12.3 Å². The van der Waals surface area contributed by atoms with Crippen molar-refractivity contribution in [1.29, 1.82) is 0 Å². The van der Waals surface area contributed by atoms with Crippen LogP contribution in [0.5, 0.6) is 5.75 Å². The highest BCUT2D eigenvalue weighted by molar-refractivity contribution is 5.34. The van der Waals surface area contributed by atoms with E-state index in [1.165, 1.54) is 0 Å². The Morgan fingerprint density at radius 2 is 2.50 bits per heavy atom. The fraction of sp³-hybridized carbons (Fsp3) is 0.444. The van der Waals surface area contributed by atoms with Gasteiger partial charge >= 0.3 is 0 Å². The second-order valence-corrected chi connectivity index (χ2v) is 3.06. The lowest BCUT2D eigenvalue weighted by Crippen LogP contribution is -2.05. The Hall–Kier alpha value is -1.09. The molecule has 0 saturated carbocycles. The van der Waals surface area contributed by atoms with Crippen molar-refractivity contribution in [3.8, 4) is 5.75 Å². The Balaban J connectivity index is 2.43. The van der Waals surface area contributed by atoms with Crippen molar-refractivity contribution in [1.82, 2.24) is 4.98 Å². The van der Waals surface area contributed by atoms with Crippen molar-refractivity contribution >= 4 is 0 Å². The number of fused-ring (bicyclic) bond motifs is 1. The molecule has 1 aliphatic rings. The first-order valence-electron chi connectivity index (χ1n) is 4.09. The molecule has 0 spiro atoms. The van der Waals surface area contributed by atoms with Crippen LogP contribution in [0.3, 0.4) is 0 Å². The van der Waals surface area contributed by atoms with Crippen molar-refractivity contribution < 1.29 is 4.74 Å². The predicted molar refractivity (Wildman–Crippen MR) is 46.0 cm³/mol. The van der Waals surface area contributed by atoms with Gasteiger partial charge in [0.05, 0.1) is 13.3 Å². The molecule has 1 aromatic heterocycles. The van der Waals surface area contributed by atoms with E-state index in [0.717, 1.165) is 29.8 Å². The fourth-order valence-electron chi connectivity index (χ4n) is 1.58. The molecule has 0 unspecified atom stereocenters. The van der Waals surface area contributed by atoms with E-state index < -0.39 is 0 Å². The third-order valence-electron chi connectivity index (χ3n) is 2.31. The van der Waals surface area contributed by atoms with Crippen LogP contribution >= 0.6 is 0 Å². The van der Waals surface area contributed by atoms with E-state index in [2.05, 4.69) is 4.98 Å². The summed E-state index contributed by atoms with van der Waals surface area (Å²) in [6, 6.07) is 2.14. The molecular formula is C9H12N2O. The van der Waals surface area contributed by atoms with Crippen LogP contribution in [0.1, 0.15) is 23.7 Å². The van der Waals surface area contributed by atoms with Gasteiger partial charge in [-0.05, 0) is 24.5 Å². The van der Waals surface area contributed by atoms with Gasteiger partial charge in [-0.15, -0.1) is 0 Å². The standard InChI is InChI=1S/C9H12N2O/c1-12-6-4-7-8(10)2-3-9(7)11-5-6/h4-5,8H,2-3,10H2,1H3/t8-/m1/s1. The van der Waals surface area contributed by atoms with E-state index in [9.17, 15) is 0 Å². The fourth-order valence-corrected chi connectivity index (χ4v) is 1.58. The minimum Gasteiger partial charge on any atom is -0.495 e. The summed E-state index contributed by atoms with van der Waals surface area (Å²) in [5.41, 5.74) is 8.15. The highest BCUT2D eigenvalue weighted by Gasteiger charge is 2.20. The van der Waals surface area contributed by atoms with Gasteiger partial charge in [0, 0.05) is 11.7 Å². The first kappa shape index (κ1) is 7.55. The summed E-state index contributed by atoms with van der Waals surface area (Å²) in [5, 5.41) is 0. The minimum absolute atomic E-state index is 0.155. The van der Waals surface area contributed by atoms with Crippen molar-refractivity contribution in [2.45, 2.75) is 18.9 Å². The molecule has 0 aliphatic heterocycles. The maximum absolute atomic E-state index is 5.87. The lowest BCUT2D eigenvalue weighted by atomic mass is 10.1. The molecule has 0 fully saturated rings. The van der Waals surface area contributed by atoms with Gasteiger partial charge in [0.25, 0.3) is 0 Å². The average Bonchev–Trinajstić information content (AvgIpc) is 2.47. The molecular weight excluding hydrogens is 152 g/mol. The normalized spacial score (nSPS) is 20.7. The number of hydrogen-bond acceptors (Lipinski definition) is 3. The maximum atomic E-state index is 5.87. The molecule has 0 bridgehead atoms. The zero-order valence-electron chi connectivity index (χ0n) is 7.08. The van der Waals surface area contributed by atoms with E-state index in [-0.39, 0.29) is 6.04 Å². The van der Waals surface area contributed by atoms with Gasteiger partial charge in [-0.3, -0.25) is 4.98 Å². The van der Waals surface area contributed by atoms with Crippen molar-refractivity contribution in [2.75, 3.05) is 7.11 Å². The quantitative estimate of drug-likeness (QED) is 0.674. The second kappa shape index (κ2) is 2.75. The third kappa shape index (κ3) is 1.06. The van der Waals surface area contributed by atoms with Crippen molar-refractivity contribution in [3.63, 3.8) is 0 Å². The van der Waals surface area contributed by atoms with Gasteiger partial charge in [0.1, 0.15) is 5.75 Å². The molecule has 12 heavy (non-hydrogen) atoms. The first-order valence-corrected chi connectivity index (χ1v) is 4.09. The molecule has 3 nitrogen and oxygen atoms in total. The molecule has 3 heteroatoms. The van der Waals surface area contributed by atoms with E-state index >= 15 is 0 Å². The molecule has 2 N–H and O–H groups in total. The first-order chi connectivity index (χ1) is 5.81. The summed E-state index contributed by atoms with van der Waals surface area (Å²) in [6.45, 7) is 0. The summed E-state index contributed by atoms with van der Waals surface area (Å²) >= 11 is 0. The van der Waals surface area contributed by atoms with Crippen LogP contribution < -0.4 is 10.5 Å². The SMILES string of the molecule is COc1cnc2c(c1)[C@H](N)CC2. The van der Waals surface area contributed by atoms with E-state index in [1.807, 2.05) is 6.07 Å². The van der Waals surface area contributed by atoms with Gasteiger partial charge in [0.2, 0.25) is 0 Å². The Labute approximate surface area is 71.6 Å². The number of nitrogens with zero attached hydrogens (tertiary/aromatic N) is 1. The molecule has 1 heterocycles. The summed E-state index contributed by atoms with van der Waals surface area (Å²) in [4.78, 5) is 4.28. The van der Waals surface area contributed by atoms with Crippen LogP contribution in [-0.4, -0.2) is 12.1 Å². The van der Waals surface area contributed by atoms with Crippen LogP contribution in [0.2, 0.25) is 0 Å². The molecule has 0 amide bonds. The molecule has 0 aromatic carbocycles. The number of nitrogens with two attached hydrogens (primary N) is 1. The zero-order chi connectivity index (χ0) is 8.55. The molecule has 1 aromatic rings. The Morgan fingerprint density at radius 1 is 1.67 bits per heavy atom. The monoisotopic (exact) mass is 164 g/mol. The molecule has 64 valence electrons. The maximum Gasteiger partial charge on any atom is 0.137 e. The number of ether oxygens (including phenoxy) is 1. The lowest BCUT2D eigenvalue weighted by Gasteiger charge is -2.05. The second-order valence-electron chi connectivity index (χ2n) is 3.06. The third-order valence-corrected chi connectivity index (χ3v) is 2.31. The van der Waals surface area contributed by atoms with Gasteiger partial charge in [-0.1, -0.05) is 0 Å². The minimum atomic E-state index is 0.155. The van der Waals surface area contributed by atoms with E-state index in [1.54, 1.807) is 13.3 Å². The van der Waals surface area contributed by atoms with Gasteiger partial charge in [-0.2, -0.15) is 0 Å². The van der Waals surface area contributed by atoms with Crippen LogP contribution in [0.4, 0.5) is 0 Å². The van der Waals surface area contributed by atoms with Gasteiger partial charge < -0.3 is 10.5 Å². The molecule has 2 rings (SSSR count).